The van der Waals surface area contributed by atoms with E-state index in [4.69, 9.17) is 4.74 Å². The Bertz CT molecular complexity index is 657. The molecule has 1 fully saturated rings. The molecule has 0 radical (unpaired) electrons. The van der Waals surface area contributed by atoms with Gasteiger partial charge < -0.3 is 15.0 Å². The van der Waals surface area contributed by atoms with E-state index in [-0.39, 0.29) is 18.2 Å². The molecule has 0 bridgehead atoms. The maximum Gasteiger partial charge on any atom is 0.317 e. The van der Waals surface area contributed by atoms with Gasteiger partial charge in [0.15, 0.2) is 0 Å². The number of amides is 2. The molecule has 0 saturated carbocycles. The average molecular weight is 345 g/mol. The van der Waals surface area contributed by atoms with E-state index in [0.717, 1.165) is 23.2 Å². The van der Waals surface area contributed by atoms with Crippen LogP contribution in [0.4, 0.5) is 4.79 Å². The number of morpholine rings is 1. The number of carbonyl (C=O) groups is 1. The first kappa shape index (κ1) is 16.9. The van der Waals surface area contributed by atoms with Crippen molar-refractivity contribution in [2.75, 3.05) is 19.6 Å². The Morgan fingerprint density at radius 3 is 3.00 bits per heavy atom. The van der Waals surface area contributed by atoms with Crippen LogP contribution in [-0.2, 0) is 11.2 Å². The summed E-state index contributed by atoms with van der Waals surface area (Å²) in [5.41, 5.74) is 3.28. The van der Waals surface area contributed by atoms with Gasteiger partial charge in [-0.25, -0.2) is 4.79 Å². The second-order valence-corrected chi connectivity index (χ2v) is 6.97. The maximum atomic E-state index is 12.4. The van der Waals surface area contributed by atoms with Gasteiger partial charge in [0.25, 0.3) is 0 Å². The quantitative estimate of drug-likeness (QED) is 0.926. The molecule has 6 heteroatoms. The normalized spacial score (nSPS) is 20.8. The summed E-state index contributed by atoms with van der Waals surface area (Å²) in [5, 5.41) is 7.13. The van der Waals surface area contributed by atoms with E-state index in [1.54, 1.807) is 11.3 Å². The third-order valence-electron chi connectivity index (χ3n) is 4.12. The summed E-state index contributed by atoms with van der Waals surface area (Å²) in [6.07, 6.45) is 2.65. The second-order valence-electron chi connectivity index (χ2n) is 6.19. The summed E-state index contributed by atoms with van der Waals surface area (Å²) < 4.78 is 5.97. The van der Waals surface area contributed by atoms with Crippen LogP contribution in [0.3, 0.4) is 0 Å². The highest BCUT2D eigenvalue weighted by molar-refractivity contribution is 7.07. The van der Waals surface area contributed by atoms with Gasteiger partial charge in [-0.2, -0.15) is 11.3 Å². The molecule has 2 aromatic rings. The van der Waals surface area contributed by atoms with Gasteiger partial charge in [-0.1, -0.05) is 6.07 Å². The van der Waals surface area contributed by atoms with E-state index in [1.807, 2.05) is 36.4 Å². The van der Waals surface area contributed by atoms with Crippen LogP contribution in [0.5, 0.6) is 0 Å². The number of hydrogen-bond acceptors (Lipinski definition) is 4. The molecule has 24 heavy (non-hydrogen) atoms. The van der Waals surface area contributed by atoms with Gasteiger partial charge in [0.05, 0.1) is 12.6 Å². The molecular weight excluding hydrogens is 322 g/mol. The first-order valence-electron chi connectivity index (χ1n) is 8.23. The van der Waals surface area contributed by atoms with Crippen LogP contribution < -0.4 is 5.32 Å². The highest BCUT2D eigenvalue weighted by Crippen LogP contribution is 2.26. The molecule has 3 heterocycles. The smallest absolute Gasteiger partial charge is 0.317 e. The number of hydrogen-bond donors (Lipinski definition) is 1. The number of thiophene rings is 1. The van der Waals surface area contributed by atoms with E-state index in [9.17, 15) is 4.79 Å². The number of pyridine rings is 1. The largest absolute Gasteiger partial charge is 0.367 e. The van der Waals surface area contributed by atoms with E-state index >= 15 is 0 Å². The summed E-state index contributed by atoms with van der Waals surface area (Å²) in [7, 11) is 0. The van der Waals surface area contributed by atoms with Gasteiger partial charge in [-0.3, -0.25) is 4.98 Å². The summed E-state index contributed by atoms with van der Waals surface area (Å²) >= 11 is 1.65. The fraction of sp³-hybridized carbons (Fsp3) is 0.444. The van der Waals surface area contributed by atoms with E-state index in [2.05, 4.69) is 27.8 Å². The lowest BCUT2D eigenvalue weighted by molar-refractivity contribution is -0.0654. The van der Waals surface area contributed by atoms with Crippen LogP contribution in [0.2, 0.25) is 0 Å². The first-order chi connectivity index (χ1) is 11.6. The topological polar surface area (TPSA) is 54.5 Å². The molecule has 128 valence electrons. The van der Waals surface area contributed by atoms with Gasteiger partial charge >= 0.3 is 6.03 Å². The zero-order valence-corrected chi connectivity index (χ0v) is 14.9. The highest BCUT2D eigenvalue weighted by atomic mass is 32.1. The number of nitrogens with zero attached hydrogens (tertiary/aromatic N) is 2. The van der Waals surface area contributed by atoms with Crippen LogP contribution >= 0.6 is 11.3 Å². The van der Waals surface area contributed by atoms with E-state index < -0.39 is 0 Å². The van der Waals surface area contributed by atoms with Crippen molar-refractivity contribution in [1.82, 2.24) is 15.2 Å². The standard InChI is InChI=1S/C18H23N3O2S/c1-13-3-4-15(9-20-13)5-7-19-18(22)21-10-14(2)23-17(11-21)16-6-8-24-12-16/h3-4,6,8-9,12,14,17H,5,7,10-11H2,1-2H3,(H,19,22)/t14-,17-/m1/s1. The van der Waals surface area contributed by atoms with Crippen molar-refractivity contribution in [2.45, 2.75) is 32.5 Å². The molecule has 2 amide bonds. The predicted octanol–water partition coefficient (Wildman–Crippen LogP) is 3.17. The van der Waals surface area contributed by atoms with Crippen LogP contribution in [0.15, 0.2) is 35.2 Å². The minimum Gasteiger partial charge on any atom is -0.367 e. The van der Waals surface area contributed by atoms with Crippen molar-refractivity contribution < 1.29 is 9.53 Å². The zero-order valence-electron chi connectivity index (χ0n) is 14.1. The Kier molecular flexibility index (Phi) is 5.48. The van der Waals surface area contributed by atoms with Crippen molar-refractivity contribution in [2.24, 2.45) is 0 Å². The molecule has 2 aromatic heterocycles. The summed E-state index contributed by atoms with van der Waals surface area (Å²) in [6, 6.07) is 6.09. The van der Waals surface area contributed by atoms with E-state index in [1.165, 1.54) is 0 Å². The summed E-state index contributed by atoms with van der Waals surface area (Å²) in [6.45, 7) is 5.81. The molecule has 2 atom stereocenters. The lowest BCUT2D eigenvalue weighted by atomic mass is 10.1. The maximum absolute atomic E-state index is 12.4. The fourth-order valence-electron chi connectivity index (χ4n) is 2.83. The Morgan fingerprint density at radius 1 is 1.42 bits per heavy atom. The minimum atomic E-state index is -0.0351. The Hall–Kier alpha value is -1.92. The fourth-order valence-corrected chi connectivity index (χ4v) is 3.53. The third kappa shape index (κ3) is 4.33. The Morgan fingerprint density at radius 2 is 2.29 bits per heavy atom. The predicted molar refractivity (Wildman–Crippen MR) is 95.3 cm³/mol. The molecule has 3 rings (SSSR count). The zero-order chi connectivity index (χ0) is 16.9. The number of ether oxygens (including phenoxy) is 1. The number of urea groups is 1. The molecule has 0 unspecified atom stereocenters. The third-order valence-corrected chi connectivity index (χ3v) is 4.83. The highest BCUT2D eigenvalue weighted by Gasteiger charge is 2.29. The van der Waals surface area contributed by atoms with Crippen molar-refractivity contribution in [3.63, 3.8) is 0 Å². The number of aryl methyl sites for hydroxylation is 1. The van der Waals surface area contributed by atoms with Gasteiger partial charge in [0, 0.05) is 25.0 Å². The van der Waals surface area contributed by atoms with Crippen LogP contribution in [0.1, 0.15) is 29.8 Å². The van der Waals surface area contributed by atoms with Gasteiger partial charge in [0.1, 0.15) is 6.10 Å². The number of carbonyl (C=O) groups excluding carboxylic acids is 1. The van der Waals surface area contributed by atoms with Gasteiger partial charge in [-0.05, 0) is 54.3 Å². The summed E-state index contributed by atoms with van der Waals surface area (Å²) in [5.74, 6) is 0. The molecule has 1 aliphatic rings. The lowest BCUT2D eigenvalue weighted by Gasteiger charge is -2.36. The van der Waals surface area contributed by atoms with E-state index in [0.29, 0.717) is 19.6 Å². The SMILES string of the molecule is Cc1ccc(CCNC(=O)N2C[C@@H](C)O[C@@H](c3ccsc3)C2)cn1. The van der Waals surface area contributed by atoms with Gasteiger partial charge in [-0.15, -0.1) is 0 Å². The Balaban J connectivity index is 1.51. The second kappa shape index (κ2) is 7.77. The van der Waals surface area contributed by atoms with Crippen molar-refractivity contribution in [3.8, 4) is 0 Å². The Labute approximate surface area is 146 Å². The molecule has 1 aliphatic heterocycles. The number of rotatable bonds is 4. The molecular formula is C18H23N3O2S. The minimum absolute atomic E-state index is 0.0227. The first-order valence-corrected chi connectivity index (χ1v) is 9.18. The molecule has 0 aliphatic carbocycles. The molecule has 5 nitrogen and oxygen atoms in total. The molecule has 0 aromatic carbocycles. The monoisotopic (exact) mass is 345 g/mol. The van der Waals surface area contributed by atoms with Crippen LogP contribution in [0, 0.1) is 6.92 Å². The average Bonchev–Trinajstić information content (AvgIpc) is 3.10. The lowest BCUT2D eigenvalue weighted by Crippen LogP contribution is -2.50. The van der Waals surface area contributed by atoms with Crippen LogP contribution in [0.25, 0.3) is 0 Å². The number of aromatic nitrogens is 1. The van der Waals surface area contributed by atoms with Gasteiger partial charge in [0.2, 0.25) is 0 Å². The summed E-state index contributed by atoms with van der Waals surface area (Å²) in [4.78, 5) is 18.6. The molecule has 0 spiro atoms. The van der Waals surface area contributed by atoms with Crippen molar-refractivity contribution in [3.05, 3.63) is 52.0 Å². The van der Waals surface area contributed by atoms with Crippen molar-refractivity contribution >= 4 is 17.4 Å². The van der Waals surface area contributed by atoms with Crippen molar-refractivity contribution in [1.29, 1.82) is 0 Å². The number of nitrogens with one attached hydrogen (secondary N) is 1. The van der Waals surface area contributed by atoms with Crippen LogP contribution in [-0.4, -0.2) is 41.7 Å². The molecule has 1 N–H and O–H groups in total. The molecule has 1 saturated heterocycles.